The largest absolute Gasteiger partial charge is 0.512 e. The summed E-state index contributed by atoms with van der Waals surface area (Å²) < 4.78 is 0. The number of aromatic nitrogens is 2. The van der Waals surface area contributed by atoms with Crippen molar-refractivity contribution in [3.63, 3.8) is 0 Å². The van der Waals surface area contributed by atoms with Gasteiger partial charge in [0, 0.05) is 38.6 Å². The van der Waals surface area contributed by atoms with Crippen LogP contribution in [0.5, 0.6) is 0 Å². The molecule has 7 heteroatoms. The molecule has 28 heavy (non-hydrogen) atoms. The van der Waals surface area contributed by atoms with E-state index in [1.54, 1.807) is 12.4 Å². The first-order chi connectivity index (χ1) is 13.0. The van der Waals surface area contributed by atoms with E-state index >= 15 is 0 Å². The normalized spacial score (nSPS) is 12.1. The Labute approximate surface area is 176 Å². The van der Waals surface area contributed by atoms with Gasteiger partial charge in [-0.25, -0.2) is 0 Å². The third-order valence-corrected chi connectivity index (χ3v) is 3.82. The Hall–Kier alpha value is -2.89. The third kappa shape index (κ3) is 4.88. The van der Waals surface area contributed by atoms with Crippen LogP contribution >= 0.6 is 0 Å². The zero-order chi connectivity index (χ0) is 19.4. The maximum absolute atomic E-state index is 10.0. The van der Waals surface area contributed by atoms with Crippen LogP contribution in [-0.4, -0.2) is 26.7 Å². The number of ketones is 1. The summed E-state index contributed by atoms with van der Waals surface area (Å²) in [6, 6.07) is 12.2. The zero-order valence-electron chi connectivity index (χ0n) is 15.7. The number of aliphatic hydroxyl groups excluding tert-OH is 1. The number of amidine groups is 1. The average Bonchev–Trinajstić information content (AvgIpc) is 2.62. The van der Waals surface area contributed by atoms with Gasteiger partial charge in [0.15, 0.2) is 5.78 Å². The molecule has 0 saturated heterocycles. The molecule has 0 fully saturated rings. The minimum absolute atomic E-state index is 0. The second kappa shape index (κ2) is 9.35. The Morgan fingerprint density at radius 2 is 1.75 bits per heavy atom. The Morgan fingerprint density at radius 3 is 2.36 bits per heavy atom. The molecule has 0 amide bonds. The van der Waals surface area contributed by atoms with Crippen molar-refractivity contribution in [1.82, 2.24) is 9.97 Å². The van der Waals surface area contributed by atoms with Crippen LogP contribution in [0.2, 0.25) is 0 Å². The van der Waals surface area contributed by atoms with E-state index < -0.39 is 0 Å². The van der Waals surface area contributed by atoms with Gasteiger partial charge < -0.3 is 15.4 Å². The van der Waals surface area contributed by atoms with Crippen LogP contribution in [0.3, 0.4) is 0 Å². The quantitative estimate of drug-likeness (QED) is 0.356. The number of nitrogens with zero attached hydrogens (tertiary/aromatic N) is 4. The van der Waals surface area contributed by atoms with Crippen molar-refractivity contribution in [2.24, 2.45) is 4.99 Å². The van der Waals surface area contributed by atoms with E-state index in [1.165, 1.54) is 19.9 Å². The Morgan fingerprint density at radius 1 is 1.07 bits per heavy atom. The minimum atomic E-state index is -0.125. The fraction of sp³-hybridized carbons (Fsp3) is 0.143. The maximum Gasteiger partial charge on any atom is 0.155 e. The van der Waals surface area contributed by atoms with Crippen LogP contribution in [0.1, 0.15) is 25.2 Å². The number of aryl methyl sites for hydroxylation is 1. The number of rotatable bonds is 2. The SMILES string of the molecule is CC(=O)/C=C(/C)O.Cc1nccnc1C1=Nc2cccc3cccc(c23)[N-]1.[Ir]. The van der Waals surface area contributed by atoms with Crippen molar-refractivity contribution in [2.45, 2.75) is 20.8 Å². The van der Waals surface area contributed by atoms with E-state index in [9.17, 15) is 4.79 Å². The molecule has 1 aliphatic heterocycles. The van der Waals surface area contributed by atoms with Gasteiger partial charge in [-0.05, 0) is 48.8 Å². The van der Waals surface area contributed by atoms with Gasteiger partial charge in [-0.2, -0.15) is 0 Å². The number of aliphatic imine (C=N–C) groups is 1. The van der Waals surface area contributed by atoms with Crippen LogP contribution < -0.4 is 0 Å². The summed E-state index contributed by atoms with van der Waals surface area (Å²) >= 11 is 0. The van der Waals surface area contributed by atoms with Crippen LogP contribution in [0, 0.1) is 6.92 Å². The van der Waals surface area contributed by atoms with Crippen LogP contribution in [0.4, 0.5) is 11.4 Å². The number of carbonyl (C=O) groups is 1. The second-order valence-corrected chi connectivity index (χ2v) is 6.09. The third-order valence-electron chi connectivity index (χ3n) is 3.82. The Bertz CT molecular complexity index is 1070. The summed E-state index contributed by atoms with van der Waals surface area (Å²) in [7, 11) is 0. The van der Waals surface area contributed by atoms with Gasteiger partial charge in [-0.1, -0.05) is 36.4 Å². The van der Waals surface area contributed by atoms with E-state index in [0.717, 1.165) is 33.5 Å². The van der Waals surface area contributed by atoms with Gasteiger partial charge in [-0.15, -0.1) is 0 Å². The van der Waals surface area contributed by atoms with Crippen LogP contribution in [0.15, 0.2) is 65.6 Å². The van der Waals surface area contributed by atoms with Crippen molar-refractivity contribution in [1.29, 1.82) is 0 Å². The molecule has 1 radical (unpaired) electrons. The molecule has 2 aromatic carbocycles. The van der Waals surface area contributed by atoms with Crippen LogP contribution in [-0.2, 0) is 24.9 Å². The standard InChI is InChI=1S/C16H11N4.C5H8O2.Ir/c1-10-15(18-9-8-17-10)16-19-12-6-2-4-11-5-3-7-13(20-16)14(11)12;1-4(6)3-5(2)7;/h2-9H,1H3;3,6H,1-2H3;/q-1;;/b;4-3-;. The first-order valence-corrected chi connectivity index (χ1v) is 8.43. The molecular formula is C21H19IrN4O2-. The van der Waals surface area contributed by atoms with Crippen molar-refractivity contribution >= 4 is 33.8 Å². The van der Waals surface area contributed by atoms with Gasteiger partial charge in [0.2, 0.25) is 0 Å². The molecule has 0 unspecified atom stereocenters. The molecule has 1 aromatic heterocycles. The summed E-state index contributed by atoms with van der Waals surface area (Å²) in [6.45, 7) is 4.77. The van der Waals surface area contributed by atoms with Gasteiger partial charge in [-0.3, -0.25) is 14.8 Å². The second-order valence-electron chi connectivity index (χ2n) is 6.09. The number of hydrogen-bond donors (Lipinski definition) is 1. The number of hydrogen-bond acceptors (Lipinski definition) is 5. The number of carbonyl (C=O) groups excluding carboxylic acids is 1. The van der Waals surface area contributed by atoms with Crippen LogP contribution in [0.25, 0.3) is 16.1 Å². The molecule has 4 rings (SSSR count). The molecule has 3 aromatic rings. The monoisotopic (exact) mass is 552 g/mol. The van der Waals surface area contributed by atoms with E-state index in [2.05, 4.69) is 32.4 Å². The maximum atomic E-state index is 10.0. The van der Waals surface area contributed by atoms with Crippen molar-refractivity contribution < 1.29 is 30.0 Å². The molecule has 0 saturated carbocycles. The summed E-state index contributed by atoms with van der Waals surface area (Å²) in [6.07, 6.45) is 4.51. The molecule has 0 aliphatic carbocycles. The molecular weight excluding hydrogens is 532 g/mol. The summed E-state index contributed by atoms with van der Waals surface area (Å²) in [5.74, 6) is 0.564. The van der Waals surface area contributed by atoms with Gasteiger partial charge in [0.1, 0.15) is 0 Å². The van der Waals surface area contributed by atoms with Gasteiger partial charge in [0.25, 0.3) is 0 Å². The first kappa shape index (κ1) is 21.4. The number of aliphatic hydroxyl groups is 1. The van der Waals surface area contributed by atoms with E-state index in [4.69, 9.17) is 5.11 Å². The van der Waals surface area contributed by atoms with Crippen molar-refractivity contribution in [3.05, 3.63) is 77.3 Å². The smallest absolute Gasteiger partial charge is 0.155 e. The number of allylic oxidation sites excluding steroid dienone is 2. The molecule has 0 atom stereocenters. The zero-order valence-corrected chi connectivity index (χ0v) is 18.1. The molecule has 6 nitrogen and oxygen atoms in total. The molecule has 0 spiro atoms. The molecule has 1 N–H and O–H groups in total. The van der Waals surface area contributed by atoms with Crippen molar-refractivity contribution in [2.75, 3.05) is 0 Å². The van der Waals surface area contributed by atoms with Gasteiger partial charge in [0.05, 0.1) is 17.1 Å². The first-order valence-electron chi connectivity index (χ1n) is 8.43. The summed E-state index contributed by atoms with van der Waals surface area (Å²) in [5, 5.41) is 15.3. The van der Waals surface area contributed by atoms with E-state index in [1.807, 2.05) is 31.2 Å². The Kier molecular flexibility index (Phi) is 7.15. The fourth-order valence-corrected chi connectivity index (χ4v) is 2.77. The molecule has 0 bridgehead atoms. The molecule has 2 heterocycles. The number of benzene rings is 2. The van der Waals surface area contributed by atoms with Gasteiger partial charge >= 0.3 is 0 Å². The average molecular weight is 552 g/mol. The minimum Gasteiger partial charge on any atom is -0.512 e. The predicted octanol–water partition coefficient (Wildman–Crippen LogP) is 5.07. The molecule has 145 valence electrons. The fourth-order valence-electron chi connectivity index (χ4n) is 2.77. The van der Waals surface area contributed by atoms with Crippen molar-refractivity contribution in [3.8, 4) is 0 Å². The molecule has 1 aliphatic rings. The van der Waals surface area contributed by atoms with E-state index in [0.29, 0.717) is 5.84 Å². The topological polar surface area (TPSA) is 89.5 Å². The summed E-state index contributed by atoms with van der Waals surface area (Å²) in [5.41, 5.74) is 3.45. The summed E-state index contributed by atoms with van der Waals surface area (Å²) in [4.78, 5) is 23.3. The van der Waals surface area contributed by atoms with E-state index in [-0.39, 0.29) is 31.6 Å². The Balaban J connectivity index is 0.000000306. The predicted molar refractivity (Wildman–Crippen MR) is 107 cm³/mol.